The molecular formula is C21H28O3. The van der Waals surface area contributed by atoms with Gasteiger partial charge in [-0.2, -0.15) is 0 Å². The SMILES string of the molecule is CC(C)=CCC/C(C)=C/CC[C@]1(CO)C=Cc2cc(O)ccc2O1. The number of benzene rings is 1. The molecule has 0 aromatic heterocycles. The summed E-state index contributed by atoms with van der Waals surface area (Å²) in [7, 11) is 0. The summed E-state index contributed by atoms with van der Waals surface area (Å²) in [5, 5.41) is 19.4. The van der Waals surface area contributed by atoms with Crippen LogP contribution in [-0.2, 0) is 0 Å². The lowest BCUT2D eigenvalue weighted by Crippen LogP contribution is -2.39. The lowest BCUT2D eigenvalue weighted by atomic mass is 9.93. The van der Waals surface area contributed by atoms with E-state index in [-0.39, 0.29) is 12.4 Å². The van der Waals surface area contributed by atoms with Crippen molar-refractivity contribution >= 4 is 6.08 Å². The third-order valence-corrected chi connectivity index (χ3v) is 4.29. The second-order valence-corrected chi connectivity index (χ2v) is 6.79. The number of aliphatic hydroxyl groups is 1. The number of allylic oxidation sites excluding steroid dienone is 4. The minimum Gasteiger partial charge on any atom is -0.508 e. The Hall–Kier alpha value is -2.00. The van der Waals surface area contributed by atoms with Crippen LogP contribution in [0.3, 0.4) is 0 Å². The minimum atomic E-state index is -0.680. The first-order valence-corrected chi connectivity index (χ1v) is 8.55. The van der Waals surface area contributed by atoms with E-state index >= 15 is 0 Å². The summed E-state index contributed by atoms with van der Waals surface area (Å²) in [6.45, 7) is 6.33. The third-order valence-electron chi connectivity index (χ3n) is 4.29. The number of phenols is 1. The Balaban J connectivity index is 1.96. The zero-order valence-electron chi connectivity index (χ0n) is 14.9. The lowest BCUT2D eigenvalue weighted by Gasteiger charge is -2.33. The molecule has 0 radical (unpaired) electrons. The van der Waals surface area contributed by atoms with Crippen LogP contribution in [-0.4, -0.2) is 22.4 Å². The highest BCUT2D eigenvalue weighted by atomic mass is 16.5. The molecule has 1 aromatic rings. The molecule has 0 saturated heterocycles. The van der Waals surface area contributed by atoms with Gasteiger partial charge in [0.2, 0.25) is 0 Å². The van der Waals surface area contributed by atoms with E-state index in [9.17, 15) is 10.2 Å². The molecule has 1 aliphatic rings. The van der Waals surface area contributed by atoms with Gasteiger partial charge in [0.15, 0.2) is 5.60 Å². The Bertz CT molecular complexity index is 651. The second-order valence-electron chi connectivity index (χ2n) is 6.79. The van der Waals surface area contributed by atoms with E-state index in [2.05, 4.69) is 32.9 Å². The maximum Gasteiger partial charge on any atom is 0.151 e. The number of aromatic hydroxyl groups is 1. The molecule has 1 atom stereocenters. The summed E-state index contributed by atoms with van der Waals surface area (Å²) < 4.78 is 6.03. The number of phenolic OH excluding ortho intramolecular Hbond substituents is 1. The van der Waals surface area contributed by atoms with Gasteiger partial charge in [0.05, 0.1) is 6.61 Å². The molecule has 2 rings (SSSR count). The number of ether oxygens (including phenoxy) is 1. The summed E-state index contributed by atoms with van der Waals surface area (Å²) in [6, 6.07) is 5.02. The number of hydrogen-bond donors (Lipinski definition) is 2. The van der Waals surface area contributed by atoms with E-state index in [0.717, 1.165) is 31.2 Å². The fourth-order valence-electron chi connectivity index (χ4n) is 2.81. The Morgan fingerprint density at radius 3 is 2.67 bits per heavy atom. The van der Waals surface area contributed by atoms with E-state index < -0.39 is 5.60 Å². The average Bonchev–Trinajstić information content (AvgIpc) is 2.54. The van der Waals surface area contributed by atoms with Crippen LogP contribution in [0, 0.1) is 0 Å². The molecule has 0 saturated carbocycles. The summed E-state index contributed by atoms with van der Waals surface area (Å²) >= 11 is 0. The zero-order chi connectivity index (χ0) is 17.6. The molecule has 0 bridgehead atoms. The third kappa shape index (κ3) is 5.00. The Morgan fingerprint density at radius 2 is 1.96 bits per heavy atom. The van der Waals surface area contributed by atoms with Crippen molar-refractivity contribution in [3.05, 3.63) is 53.1 Å². The quantitative estimate of drug-likeness (QED) is 0.692. The fourth-order valence-corrected chi connectivity index (χ4v) is 2.81. The Kier molecular flexibility index (Phi) is 6.27. The van der Waals surface area contributed by atoms with E-state index in [1.54, 1.807) is 18.2 Å². The molecule has 0 fully saturated rings. The van der Waals surface area contributed by atoms with Gasteiger partial charge >= 0.3 is 0 Å². The number of rotatable bonds is 7. The van der Waals surface area contributed by atoms with Crippen LogP contribution < -0.4 is 4.74 Å². The van der Waals surface area contributed by atoms with Crippen LogP contribution in [0.2, 0.25) is 0 Å². The standard InChI is InChI=1S/C21H28O3/c1-16(2)6-4-7-17(3)8-5-12-21(15-22)13-11-18-14-19(23)9-10-20(18)24-21/h6,8-11,13-14,22-23H,4-5,7,12,15H2,1-3H3/b17-8+/t21-/m1/s1. The molecule has 2 N–H and O–H groups in total. The molecule has 0 unspecified atom stereocenters. The Labute approximate surface area is 145 Å². The number of aliphatic hydroxyl groups excluding tert-OH is 1. The predicted molar refractivity (Wildman–Crippen MR) is 99.2 cm³/mol. The number of hydrogen-bond acceptors (Lipinski definition) is 3. The van der Waals surface area contributed by atoms with Crippen LogP contribution >= 0.6 is 0 Å². The van der Waals surface area contributed by atoms with Gasteiger partial charge in [-0.15, -0.1) is 0 Å². The van der Waals surface area contributed by atoms with Crippen LogP contribution in [0.4, 0.5) is 0 Å². The maximum absolute atomic E-state index is 9.84. The van der Waals surface area contributed by atoms with Crippen LogP contribution in [0.25, 0.3) is 6.08 Å². The normalized spacial score (nSPS) is 19.6. The van der Waals surface area contributed by atoms with Crippen molar-refractivity contribution in [3.63, 3.8) is 0 Å². The molecule has 3 nitrogen and oxygen atoms in total. The van der Waals surface area contributed by atoms with E-state index in [4.69, 9.17) is 4.74 Å². The molecule has 0 amide bonds. The summed E-state index contributed by atoms with van der Waals surface area (Å²) in [5.74, 6) is 0.919. The zero-order valence-corrected chi connectivity index (χ0v) is 14.9. The first kappa shape index (κ1) is 18.3. The predicted octanol–water partition coefficient (Wildman–Crippen LogP) is 5.00. The van der Waals surface area contributed by atoms with E-state index in [1.165, 1.54) is 11.1 Å². The van der Waals surface area contributed by atoms with Gasteiger partial charge in [0.1, 0.15) is 11.5 Å². The first-order valence-electron chi connectivity index (χ1n) is 8.55. The first-order chi connectivity index (χ1) is 11.4. The van der Waals surface area contributed by atoms with Gasteiger partial charge in [-0.3, -0.25) is 0 Å². The van der Waals surface area contributed by atoms with Crippen molar-refractivity contribution in [3.8, 4) is 11.5 Å². The smallest absolute Gasteiger partial charge is 0.151 e. The molecule has 24 heavy (non-hydrogen) atoms. The molecule has 130 valence electrons. The van der Waals surface area contributed by atoms with Crippen molar-refractivity contribution in [2.24, 2.45) is 0 Å². The highest BCUT2D eigenvalue weighted by molar-refractivity contribution is 5.62. The molecule has 1 aromatic carbocycles. The second kappa shape index (κ2) is 8.20. The van der Waals surface area contributed by atoms with Crippen LogP contribution in [0.1, 0.15) is 52.0 Å². The van der Waals surface area contributed by atoms with Gasteiger partial charge in [0.25, 0.3) is 0 Å². The van der Waals surface area contributed by atoms with Crippen molar-refractivity contribution in [1.82, 2.24) is 0 Å². The van der Waals surface area contributed by atoms with E-state index in [1.807, 2.05) is 12.2 Å². The van der Waals surface area contributed by atoms with Crippen molar-refractivity contribution < 1.29 is 14.9 Å². The highest BCUT2D eigenvalue weighted by Gasteiger charge is 2.31. The van der Waals surface area contributed by atoms with Gasteiger partial charge in [-0.1, -0.05) is 29.4 Å². The highest BCUT2D eigenvalue weighted by Crippen LogP contribution is 2.35. The molecule has 1 aliphatic heterocycles. The van der Waals surface area contributed by atoms with Crippen molar-refractivity contribution in [2.75, 3.05) is 6.61 Å². The van der Waals surface area contributed by atoms with Crippen LogP contribution in [0.5, 0.6) is 11.5 Å². The lowest BCUT2D eigenvalue weighted by molar-refractivity contribution is 0.0418. The largest absolute Gasteiger partial charge is 0.508 e. The Morgan fingerprint density at radius 1 is 1.17 bits per heavy atom. The molecule has 0 spiro atoms. The van der Waals surface area contributed by atoms with E-state index in [0.29, 0.717) is 5.75 Å². The van der Waals surface area contributed by atoms with Gasteiger partial charge < -0.3 is 14.9 Å². The van der Waals surface area contributed by atoms with Gasteiger partial charge in [-0.25, -0.2) is 0 Å². The van der Waals surface area contributed by atoms with Gasteiger partial charge in [0, 0.05) is 5.56 Å². The van der Waals surface area contributed by atoms with Crippen molar-refractivity contribution in [1.29, 1.82) is 0 Å². The monoisotopic (exact) mass is 328 g/mol. The van der Waals surface area contributed by atoms with Crippen LogP contribution in [0.15, 0.2) is 47.6 Å². The number of fused-ring (bicyclic) bond motifs is 1. The minimum absolute atomic E-state index is 0.0610. The molecule has 0 aliphatic carbocycles. The summed E-state index contributed by atoms with van der Waals surface area (Å²) in [4.78, 5) is 0. The average molecular weight is 328 g/mol. The molecule has 1 heterocycles. The maximum atomic E-state index is 9.84. The molecular weight excluding hydrogens is 300 g/mol. The molecule has 3 heteroatoms. The van der Waals surface area contributed by atoms with Gasteiger partial charge in [-0.05, 0) is 70.7 Å². The topological polar surface area (TPSA) is 49.7 Å². The summed E-state index contributed by atoms with van der Waals surface area (Å²) in [5.41, 5.74) is 2.88. The fraction of sp³-hybridized carbons (Fsp3) is 0.429. The van der Waals surface area contributed by atoms with Crippen molar-refractivity contribution in [2.45, 2.75) is 52.1 Å². The summed E-state index contributed by atoms with van der Waals surface area (Å²) in [6.07, 6.45) is 12.0.